The monoisotopic (exact) mass is 524 g/mol. The normalized spacial score (nSPS) is 20.6. The van der Waals surface area contributed by atoms with E-state index in [-0.39, 0.29) is 18.1 Å². The summed E-state index contributed by atoms with van der Waals surface area (Å²) in [6, 6.07) is 23.2. The van der Waals surface area contributed by atoms with E-state index in [2.05, 4.69) is 34.1 Å². The van der Waals surface area contributed by atoms with Crippen LogP contribution in [0.1, 0.15) is 36.4 Å². The third-order valence-electron chi connectivity index (χ3n) is 6.99. The fraction of sp³-hybridized carbons (Fsp3) is 0.400. The van der Waals surface area contributed by atoms with Gasteiger partial charge in [0.1, 0.15) is 18.2 Å². The van der Waals surface area contributed by atoms with Gasteiger partial charge in [-0.05, 0) is 54.7 Å². The summed E-state index contributed by atoms with van der Waals surface area (Å²) in [6.45, 7) is 5.08. The summed E-state index contributed by atoms with van der Waals surface area (Å²) >= 11 is 6.79. The van der Waals surface area contributed by atoms with E-state index < -0.39 is 0 Å². The van der Waals surface area contributed by atoms with Crippen molar-refractivity contribution in [2.75, 3.05) is 44.4 Å². The van der Waals surface area contributed by atoms with Gasteiger partial charge in [-0.1, -0.05) is 54.1 Å². The second-order valence-corrected chi connectivity index (χ2v) is 10.0. The number of ether oxygens (including phenoxy) is 3. The van der Waals surface area contributed by atoms with Crippen LogP contribution in [0, 0.1) is 5.82 Å². The molecular formula is C30H34ClFN2O3. The Morgan fingerprint density at radius 1 is 0.946 bits per heavy atom. The Kier molecular flexibility index (Phi) is 8.95. The van der Waals surface area contributed by atoms with Crippen LogP contribution in [0.5, 0.6) is 5.75 Å². The Balaban J connectivity index is 1.25. The lowest BCUT2D eigenvalue weighted by Crippen LogP contribution is -2.48. The number of halogens is 2. The standard InChI is InChI=1S/C30H34ClFN2O3/c31-27-20-26(35-18-19-37-30-8-4-5-17-36-30)13-14-28(27)34-16-15-33(21-23-6-2-1-3-7-23)22-29(34)24-9-11-25(32)12-10-24/h1-3,6-7,9-14,20,29-30H,4-5,8,15-19,21-22H2/t29-,30?/m0/s1. The zero-order valence-electron chi connectivity index (χ0n) is 21.0. The quantitative estimate of drug-likeness (QED) is 0.300. The van der Waals surface area contributed by atoms with Crippen molar-refractivity contribution in [1.82, 2.24) is 4.90 Å². The van der Waals surface area contributed by atoms with Gasteiger partial charge in [-0.15, -0.1) is 0 Å². The largest absolute Gasteiger partial charge is 0.491 e. The smallest absolute Gasteiger partial charge is 0.157 e. The summed E-state index contributed by atoms with van der Waals surface area (Å²) in [6.07, 6.45) is 3.06. The molecule has 7 heteroatoms. The van der Waals surface area contributed by atoms with Crippen molar-refractivity contribution in [3.63, 3.8) is 0 Å². The molecule has 196 valence electrons. The molecule has 2 aliphatic rings. The van der Waals surface area contributed by atoms with Crippen LogP contribution in [0.4, 0.5) is 10.1 Å². The lowest BCUT2D eigenvalue weighted by molar-refractivity contribution is -0.165. The van der Waals surface area contributed by atoms with Crippen molar-refractivity contribution in [2.45, 2.75) is 38.1 Å². The first-order valence-corrected chi connectivity index (χ1v) is 13.5. The molecule has 0 bridgehead atoms. The zero-order chi connectivity index (χ0) is 25.5. The first kappa shape index (κ1) is 26.0. The first-order chi connectivity index (χ1) is 18.2. The summed E-state index contributed by atoms with van der Waals surface area (Å²) in [7, 11) is 0. The van der Waals surface area contributed by atoms with Crippen LogP contribution in [0.3, 0.4) is 0 Å². The number of hydrogen-bond acceptors (Lipinski definition) is 5. The second kappa shape index (κ2) is 12.7. The lowest BCUT2D eigenvalue weighted by atomic mass is 10.0. The van der Waals surface area contributed by atoms with Gasteiger partial charge >= 0.3 is 0 Å². The minimum atomic E-state index is -0.231. The van der Waals surface area contributed by atoms with Gasteiger partial charge < -0.3 is 19.1 Å². The molecule has 0 aliphatic carbocycles. The molecule has 2 fully saturated rings. The first-order valence-electron chi connectivity index (χ1n) is 13.1. The molecule has 5 rings (SSSR count). The summed E-state index contributed by atoms with van der Waals surface area (Å²) < 4.78 is 31.0. The molecule has 0 saturated carbocycles. The van der Waals surface area contributed by atoms with Crippen LogP contribution < -0.4 is 9.64 Å². The highest BCUT2D eigenvalue weighted by atomic mass is 35.5. The van der Waals surface area contributed by atoms with Crippen LogP contribution in [0.25, 0.3) is 0 Å². The molecule has 0 aromatic heterocycles. The van der Waals surface area contributed by atoms with E-state index in [1.54, 1.807) is 0 Å². The van der Waals surface area contributed by atoms with Gasteiger partial charge in [0.25, 0.3) is 0 Å². The number of benzene rings is 3. The highest BCUT2D eigenvalue weighted by Crippen LogP contribution is 2.37. The molecular weight excluding hydrogens is 491 g/mol. The van der Waals surface area contributed by atoms with Crippen molar-refractivity contribution in [3.8, 4) is 5.75 Å². The number of piperazine rings is 1. The molecule has 5 nitrogen and oxygen atoms in total. The third kappa shape index (κ3) is 7.02. The van der Waals surface area contributed by atoms with E-state index >= 15 is 0 Å². The van der Waals surface area contributed by atoms with Gasteiger partial charge in [0.15, 0.2) is 6.29 Å². The van der Waals surface area contributed by atoms with Gasteiger partial charge in [-0.3, -0.25) is 4.90 Å². The Bertz CT molecular complexity index is 1130. The third-order valence-corrected chi connectivity index (χ3v) is 7.29. The molecule has 0 N–H and O–H groups in total. The molecule has 2 saturated heterocycles. The fourth-order valence-electron chi connectivity index (χ4n) is 5.08. The average Bonchev–Trinajstić information content (AvgIpc) is 2.93. The van der Waals surface area contributed by atoms with Gasteiger partial charge in [-0.2, -0.15) is 0 Å². The Labute approximate surface area is 223 Å². The maximum Gasteiger partial charge on any atom is 0.157 e. The van der Waals surface area contributed by atoms with Crippen molar-refractivity contribution < 1.29 is 18.6 Å². The van der Waals surface area contributed by atoms with E-state index in [0.29, 0.717) is 24.0 Å². The molecule has 3 aromatic carbocycles. The number of nitrogens with zero attached hydrogens (tertiary/aromatic N) is 2. The fourth-order valence-corrected chi connectivity index (χ4v) is 5.35. The van der Waals surface area contributed by atoms with Crippen LogP contribution in [-0.2, 0) is 16.0 Å². The number of hydrogen-bond donors (Lipinski definition) is 0. The van der Waals surface area contributed by atoms with E-state index in [0.717, 1.165) is 63.3 Å². The minimum Gasteiger partial charge on any atom is -0.491 e. The molecule has 37 heavy (non-hydrogen) atoms. The van der Waals surface area contributed by atoms with Crippen LogP contribution >= 0.6 is 11.6 Å². The highest BCUT2D eigenvalue weighted by molar-refractivity contribution is 6.33. The van der Waals surface area contributed by atoms with E-state index in [9.17, 15) is 4.39 Å². The Morgan fingerprint density at radius 3 is 2.54 bits per heavy atom. The molecule has 0 amide bonds. The zero-order valence-corrected chi connectivity index (χ0v) is 21.8. The topological polar surface area (TPSA) is 34.2 Å². The summed E-state index contributed by atoms with van der Waals surface area (Å²) in [4.78, 5) is 4.77. The average molecular weight is 525 g/mol. The molecule has 2 atom stereocenters. The molecule has 3 aromatic rings. The van der Waals surface area contributed by atoms with Crippen LogP contribution in [-0.4, -0.2) is 50.6 Å². The lowest BCUT2D eigenvalue weighted by Gasteiger charge is -2.43. The highest BCUT2D eigenvalue weighted by Gasteiger charge is 2.30. The maximum absolute atomic E-state index is 13.7. The van der Waals surface area contributed by atoms with Crippen molar-refractivity contribution >= 4 is 17.3 Å². The number of rotatable bonds is 9. The van der Waals surface area contributed by atoms with E-state index in [1.165, 1.54) is 17.7 Å². The molecule has 0 radical (unpaired) electrons. The van der Waals surface area contributed by atoms with Crippen molar-refractivity contribution in [1.29, 1.82) is 0 Å². The predicted molar refractivity (Wildman–Crippen MR) is 145 cm³/mol. The van der Waals surface area contributed by atoms with Crippen molar-refractivity contribution in [2.24, 2.45) is 0 Å². The predicted octanol–water partition coefficient (Wildman–Crippen LogP) is 6.46. The summed E-state index contributed by atoms with van der Waals surface area (Å²) in [5, 5.41) is 0.637. The number of anilines is 1. The maximum atomic E-state index is 13.7. The van der Waals surface area contributed by atoms with Crippen LogP contribution in [0.2, 0.25) is 5.02 Å². The Hall–Kier alpha value is -2.64. The van der Waals surface area contributed by atoms with Crippen LogP contribution in [0.15, 0.2) is 72.8 Å². The van der Waals surface area contributed by atoms with Gasteiger partial charge in [-0.25, -0.2) is 4.39 Å². The van der Waals surface area contributed by atoms with Gasteiger partial charge in [0.2, 0.25) is 0 Å². The van der Waals surface area contributed by atoms with Gasteiger partial charge in [0.05, 0.1) is 23.4 Å². The van der Waals surface area contributed by atoms with E-state index in [1.807, 2.05) is 36.4 Å². The minimum absolute atomic E-state index is 0.0474. The van der Waals surface area contributed by atoms with Crippen molar-refractivity contribution in [3.05, 3.63) is 94.8 Å². The summed E-state index contributed by atoms with van der Waals surface area (Å²) in [5.41, 5.74) is 3.31. The molecule has 2 aliphatic heterocycles. The Morgan fingerprint density at radius 2 is 1.78 bits per heavy atom. The second-order valence-electron chi connectivity index (χ2n) is 9.61. The van der Waals surface area contributed by atoms with Gasteiger partial charge in [0, 0.05) is 38.9 Å². The molecule has 2 heterocycles. The molecule has 0 spiro atoms. The summed E-state index contributed by atoms with van der Waals surface area (Å²) in [5.74, 6) is 0.480. The SMILES string of the molecule is Fc1ccc([C@@H]2CN(Cc3ccccc3)CCN2c2ccc(OCCOC3CCCCO3)cc2Cl)cc1. The molecule has 1 unspecified atom stereocenters. The van der Waals surface area contributed by atoms with E-state index in [4.69, 9.17) is 25.8 Å².